The number of tetrazole rings is 1. The lowest BCUT2D eigenvalue weighted by atomic mass is 9.67. The van der Waals surface area contributed by atoms with Gasteiger partial charge in [0.25, 0.3) is 11.8 Å². The second kappa shape index (κ2) is 13.3. The van der Waals surface area contributed by atoms with E-state index in [1.165, 1.54) is 21.9 Å². The van der Waals surface area contributed by atoms with Crippen LogP contribution < -0.4 is 5.32 Å². The number of halogens is 1. The van der Waals surface area contributed by atoms with E-state index in [0.29, 0.717) is 42.1 Å². The summed E-state index contributed by atoms with van der Waals surface area (Å²) in [6, 6.07) is 18.9. The van der Waals surface area contributed by atoms with E-state index in [2.05, 4.69) is 32.0 Å². The van der Waals surface area contributed by atoms with Crippen LogP contribution in [-0.2, 0) is 23.1 Å². The molecule has 1 aromatic heterocycles. The highest BCUT2D eigenvalue weighted by molar-refractivity contribution is 5.95. The van der Waals surface area contributed by atoms with E-state index in [0.717, 1.165) is 34.2 Å². The summed E-state index contributed by atoms with van der Waals surface area (Å²) in [5.41, 5.74) is 4.30. The lowest BCUT2D eigenvalue weighted by Gasteiger charge is -2.38. The summed E-state index contributed by atoms with van der Waals surface area (Å²) in [5, 5.41) is 28.8. The fourth-order valence-corrected chi connectivity index (χ4v) is 8.08. The molecule has 2 N–H and O–H groups in total. The standard InChI is InChI=1S/C38H40FN9O3/c1-46(2)35(50)25-9-13-30-23(15-25)5-6-24-16-26(36(51)47(3)4)10-14-31(24)38(30,37-42-44-45-43-37)19-32(22-7-11-28(39)12-8-22)41-21-34(49)48-29(20-40)17-27-18-33(27)48/h7-16,27,29,32-33,41H,5-6,17-19,21H2,1-4H3,(H,42,43,44,45)/t27-,29?,32-,33+/m1/s1. The molecule has 2 fully saturated rings. The molecule has 1 saturated heterocycles. The molecule has 0 bridgehead atoms. The molecule has 1 saturated carbocycles. The molecule has 3 aliphatic rings. The van der Waals surface area contributed by atoms with E-state index < -0.39 is 23.3 Å². The van der Waals surface area contributed by atoms with Crippen molar-refractivity contribution < 1.29 is 18.8 Å². The lowest BCUT2D eigenvalue weighted by molar-refractivity contribution is -0.131. The average Bonchev–Trinajstić information content (AvgIpc) is 3.51. The molecule has 4 aromatic rings. The van der Waals surface area contributed by atoms with E-state index in [1.807, 2.05) is 24.3 Å². The smallest absolute Gasteiger partial charge is 0.253 e. The van der Waals surface area contributed by atoms with Gasteiger partial charge in [-0.3, -0.25) is 14.4 Å². The van der Waals surface area contributed by atoms with Crippen LogP contribution in [0, 0.1) is 23.1 Å². The first-order valence-electron chi connectivity index (χ1n) is 17.2. The number of carbonyl (C=O) groups is 3. The van der Waals surface area contributed by atoms with Crippen LogP contribution in [0.5, 0.6) is 0 Å². The van der Waals surface area contributed by atoms with Crippen molar-refractivity contribution in [3.05, 3.63) is 111 Å². The normalized spacial score (nSPS) is 20.2. The van der Waals surface area contributed by atoms with E-state index in [9.17, 15) is 24.0 Å². The zero-order chi connectivity index (χ0) is 36.0. The van der Waals surface area contributed by atoms with Crippen molar-refractivity contribution in [3.63, 3.8) is 0 Å². The van der Waals surface area contributed by atoms with Gasteiger partial charge >= 0.3 is 0 Å². The SMILES string of the molecule is CN(C)C(=O)c1ccc2c(c1)CCc1cc(C(=O)N(C)C)ccc1C2(C[C@@H](NCC(=O)N1C(C#N)C[C@@H]2C[C@@H]21)c1ccc(F)cc1)c1nnn[nH]1. The molecule has 2 aliphatic carbocycles. The van der Waals surface area contributed by atoms with Gasteiger partial charge in [-0.2, -0.15) is 5.26 Å². The highest BCUT2D eigenvalue weighted by Crippen LogP contribution is 2.50. The Morgan fingerprint density at radius 1 is 0.961 bits per heavy atom. The van der Waals surface area contributed by atoms with Crippen molar-refractivity contribution in [2.24, 2.45) is 5.92 Å². The molecular formula is C38H40FN9O3. The molecule has 262 valence electrons. The van der Waals surface area contributed by atoms with Gasteiger partial charge in [0.15, 0.2) is 5.82 Å². The number of aryl methyl sites for hydroxylation is 2. The van der Waals surface area contributed by atoms with Crippen LogP contribution in [0.15, 0.2) is 60.7 Å². The number of fused-ring (bicyclic) bond motifs is 3. The first-order valence-corrected chi connectivity index (χ1v) is 17.2. The number of hydrogen-bond donors (Lipinski definition) is 2. The van der Waals surface area contributed by atoms with Gasteiger partial charge in [-0.1, -0.05) is 24.3 Å². The van der Waals surface area contributed by atoms with Gasteiger partial charge < -0.3 is 20.0 Å². The van der Waals surface area contributed by atoms with Crippen LogP contribution in [0.2, 0.25) is 0 Å². The minimum atomic E-state index is -1.08. The van der Waals surface area contributed by atoms with Crippen molar-refractivity contribution in [1.29, 1.82) is 5.26 Å². The summed E-state index contributed by atoms with van der Waals surface area (Å²) >= 11 is 0. The maximum Gasteiger partial charge on any atom is 0.253 e. The fraction of sp³-hybridized carbons (Fsp3) is 0.395. The van der Waals surface area contributed by atoms with Crippen LogP contribution in [0.3, 0.4) is 0 Å². The molecule has 51 heavy (non-hydrogen) atoms. The third-order valence-corrected chi connectivity index (χ3v) is 10.7. The van der Waals surface area contributed by atoms with Gasteiger partial charge in [0, 0.05) is 51.4 Å². The topological polar surface area (TPSA) is 151 Å². The van der Waals surface area contributed by atoms with Gasteiger partial charge in [0.1, 0.15) is 11.9 Å². The van der Waals surface area contributed by atoms with Crippen LogP contribution in [0.4, 0.5) is 4.39 Å². The van der Waals surface area contributed by atoms with Gasteiger partial charge in [-0.15, -0.1) is 5.10 Å². The minimum absolute atomic E-state index is 0.0412. The molecular weight excluding hydrogens is 649 g/mol. The Hall–Kier alpha value is -5.48. The summed E-state index contributed by atoms with van der Waals surface area (Å²) in [5.74, 6) is -0.000696. The maximum absolute atomic E-state index is 14.3. The zero-order valence-electron chi connectivity index (χ0n) is 29.1. The number of rotatable bonds is 9. The summed E-state index contributed by atoms with van der Waals surface area (Å²) < 4.78 is 14.3. The molecule has 4 atom stereocenters. The zero-order valence-corrected chi connectivity index (χ0v) is 29.1. The molecule has 1 aliphatic heterocycles. The largest absolute Gasteiger partial charge is 0.345 e. The van der Waals surface area contributed by atoms with Gasteiger partial charge in [-0.05, 0) is 113 Å². The van der Waals surface area contributed by atoms with Crippen LogP contribution in [0.25, 0.3) is 0 Å². The predicted molar refractivity (Wildman–Crippen MR) is 185 cm³/mol. The Kier molecular flexibility index (Phi) is 8.89. The molecule has 7 rings (SSSR count). The number of aromatic nitrogens is 4. The van der Waals surface area contributed by atoms with Crippen molar-refractivity contribution >= 4 is 17.7 Å². The molecule has 13 heteroatoms. The second-order valence-electron chi connectivity index (χ2n) is 14.2. The average molecular weight is 690 g/mol. The Morgan fingerprint density at radius 3 is 2.10 bits per heavy atom. The van der Waals surface area contributed by atoms with E-state index >= 15 is 0 Å². The van der Waals surface area contributed by atoms with Gasteiger partial charge in [0.2, 0.25) is 5.91 Å². The number of nitrogens with one attached hydrogen (secondary N) is 2. The summed E-state index contributed by atoms with van der Waals surface area (Å²) in [4.78, 5) is 44.9. The van der Waals surface area contributed by atoms with Crippen molar-refractivity contribution in [2.75, 3.05) is 34.7 Å². The number of benzene rings is 3. The second-order valence-corrected chi connectivity index (χ2v) is 14.2. The van der Waals surface area contributed by atoms with Crippen LogP contribution in [-0.4, -0.2) is 99.9 Å². The third kappa shape index (κ3) is 6.14. The Labute approximate surface area is 295 Å². The maximum atomic E-state index is 14.3. The number of hydrogen-bond acceptors (Lipinski definition) is 8. The fourth-order valence-electron chi connectivity index (χ4n) is 8.08. The molecule has 3 aromatic carbocycles. The minimum Gasteiger partial charge on any atom is -0.345 e. The van der Waals surface area contributed by atoms with Crippen LogP contribution >= 0.6 is 0 Å². The predicted octanol–water partition coefficient (Wildman–Crippen LogP) is 3.41. The number of carbonyl (C=O) groups excluding carboxylic acids is 3. The first-order chi connectivity index (χ1) is 24.5. The highest BCUT2D eigenvalue weighted by Gasteiger charge is 2.54. The summed E-state index contributed by atoms with van der Waals surface area (Å²) in [6.07, 6.45) is 3.02. The van der Waals surface area contributed by atoms with E-state index in [1.54, 1.807) is 57.4 Å². The molecule has 12 nitrogen and oxygen atoms in total. The monoisotopic (exact) mass is 689 g/mol. The Bertz CT molecular complexity index is 1950. The number of likely N-dealkylation sites (tertiary alicyclic amines) is 1. The molecule has 0 radical (unpaired) electrons. The number of amides is 3. The van der Waals surface area contributed by atoms with Crippen molar-refractivity contribution in [3.8, 4) is 6.07 Å². The quantitative estimate of drug-likeness (QED) is 0.272. The third-order valence-electron chi connectivity index (χ3n) is 10.7. The number of piperidine rings is 1. The van der Waals surface area contributed by atoms with E-state index in [-0.39, 0.29) is 36.7 Å². The molecule has 1 unspecified atom stereocenters. The van der Waals surface area contributed by atoms with Gasteiger partial charge in [-0.25, -0.2) is 9.49 Å². The Morgan fingerprint density at radius 2 is 1.57 bits per heavy atom. The number of H-pyrrole nitrogens is 1. The molecule has 2 heterocycles. The molecule has 0 spiro atoms. The highest BCUT2D eigenvalue weighted by atomic mass is 19.1. The van der Waals surface area contributed by atoms with E-state index in [4.69, 9.17) is 0 Å². The van der Waals surface area contributed by atoms with Crippen LogP contribution in [0.1, 0.15) is 79.7 Å². The van der Waals surface area contributed by atoms with Crippen molar-refractivity contribution in [1.82, 2.24) is 40.6 Å². The lowest BCUT2D eigenvalue weighted by Crippen LogP contribution is -2.45. The Balaban J connectivity index is 1.39. The number of nitrogens with zero attached hydrogens (tertiary/aromatic N) is 7. The number of nitriles is 1. The van der Waals surface area contributed by atoms with Crippen molar-refractivity contribution in [2.45, 2.75) is 55.6 Å². The van der Waals surface area contributed by atoms with Gasteiger partial charge in [0.05, 0.1) is 18.0 Å². The molecule has 3 amide bonds. The summed E-state index contributed by atoms with van der Waals surface area (Å²) in [7, 11) is 6.84. The summed E-state index contributed by atoms with van der Waals surface area (Å²) in [6.45, 7) is -0.0412. The first kappa shape index (κ1) is 34.0. The number of aromatic amines is 1.